The van der Waals surface area contributed by atoms with Crippen LogP contribution in [0, 0.1) is 11.3 Å². The Hall–Kier alpha value is -2.20. The van der Waals surface area contributed by atoms with Gasteiger partial charge in [0.1, 0.15) is 0 Å². The number of benzene rings is 2. The summed E-state index contributed by atoms with van der Waals surface area (Å²) in [7, 11) is -3.68. The summed E-state index contributed by atoms with van der Waals surface area (Å²) < 4.78 is 22.6. The third-order valence-electron chi connectivity index (χ3n) is 2.94. The van der Waals surface area contributed by atoms with Crippen molar-refractivity contribution in [1.82, 2.24) is 5.32 Å². The van der Waals surface area contributed by atoms with Crippen molar-refractivity contribution in [2.75, 3.05) is 0 Å². The molecule has 6 heteroatoms. The zero-order chi connectivity index (χ0) is 15.3. The molecule has 0 radical (unpaired) electrons. The molecule has 21 heavy (non-hydrogen) atoms. The largest absolute Gasteiger partial charge is 0.309 e. The molecule has 0 amide bonds. The number of primary sulfonamides is 1. The Morgan fingerprint density at radius 2 is 1.67 bits per heavy atom. The average Bonchev–Trinajstić information content (AvgIpc) is 2.47. The van der Waals surface area contributed by atoms with Crippen LogP contribution in [0.1, 0.15) is 16.7 Å². The molecule has 0 unspecified atom stereocenters. The maximum Gasteiger partial charge on any atom is 0.238 e. The van der Waals surface area contributed by atoms with Gasteiger partial charge in [-0.05, 0) is 35.4 Å². The van der Waals surface area contributed by atoms with Gasteiger partial charge in [-0.1, -0.05) is 24.3 Å². The molecule has 0 aliphatic heterocycles. The fourth-order valence-corrected chi connectivity index (χ4v) is 2.52. The molecule has 0 aromatic heterocycles. The minimum atomic E-state index is -3.68. The van der Waals surface area contributed by atoms with Gasteiger partial charge in [-0.3, -0.25) is 0 Å². The Balaban J connectivity index is 1.99. The number of hydrogen-bond donors (Lipinski definition) is 2. The molecular formula is C15H15N3O2S. The molecule has 2 rings (SSSR count). The lowest BCUT2D eigenvalue weighted by Crippen LogP contribution is -2.15. The van der Waals surface area contributed by atoms with Gasteiger partial charge in [0.05, 0.1) is 16.5 Å². The van der Waals surface area contributed by atoms with E-state index in [9.17, 15) is 8.42 Å². The minimum Gasteiger partial charge on any atom is -0.309 e. The van der Waals surface area contributed by atoms with Crippen molar-refractivity contribution in [3.05, 3.63) is 65.2 Å². The zero-order valence-electron chi connectivity index (χ0n) is 11.3. The summed E-state index contributed by atoms with van der Waals surface area (Å²) in [5.41, 5.74) is 2.44. The Morgan fingerprint density at radius 3 is 2.29 bits per heavy atom. The lowest BCUT2D eigenvalue weighted by Gasteiger charge is -2.07. The predicted molar refractivity (Wildman–Crippen MR) is 79.5 cm³/mol. The second kappa shape index (κ2) is 6.50. The molecule has 0 atom stereocenters. The van der Waals surface area contributed by atoms with Crippen molar-refractivity contribution in [2.45, 2.75) is 18.0 Å². The summed E-state index contributed by atoms with van der Waals surface area (Å²) in [5, 5.41) is 17.1. The number of nitrogens with two attached hydrogens (primary N) is 1. The summed E-state index contributed by atoms with van der Waals surface area (Å²) >= 11 is 0. The van der Waals surface area contributed by atoms with Gasteiger partial charge in [0.25, 0.3) is 0 Å². The summed E-state index contributed by atoms with van der Waals surface area (Å²) in [4.78, 5) is 0.105. The van der Waals surface area contributed by atoms with Crippen LogP contribution < -0.4 is 10.5 Å². The van der Waals surface area contributed by atoms with Gasteiger partial charge in [0.2, 0.25) is 10.0 Å². The molecule has 0 heterocycles. The number of nitrogens with zero attached hydrogens (tertiary/aromatic N) is 1. The molecule has 0 fully saturated rings. The van der Waals surface area contributed by atoms with Gasteiger partial charge in [-0.25, -0.2) is 13.6 Å². The van der Waals surface area contributed by atoms with Crippen LogP contribution in [-0.2, 0) is 23.1 Å². The number of rotatable bonds is 5. The van der Waals surface area contributed by atoms with Gasteiger partial charge in [0.15, 0.2) is 0 Å². The van der Waals surface area contributed by atoms with E-state index in [1.807, 2.05) is 24.3 Å². The van der Waals surface area contributed by atoms with E-state index in [-0.39, 0.29) is 4.90 Å². The fourth-order valence-electron chi connectivity index (χ4n) is 1.93. The van der Waals surface area contributed by atoms with Crippen molar-refractivity contribution >= 4 is 10.0 Å². The molecule has 0 aliphatic carbocycles. The monoisotopic (exact) mass is 301 g/mol. The van der Waals surface area contributed by atoms with Crippen LogP contribution in [0.5, 0.6) is 0 Å². The van der Waals surface area contributed by atoms with Gasteiger partial charge < -0.3 is 5.32 Å². The summed E-state index contributed by atoms with van der Waals surface area (Å²) in [6, 6.07) is 15.9. The average molecular weight is 301 g/mol. The lowest BCUT2D eigenvalue weighted by atomic mass is 10.1. The van der Waals surface area contributed by atoms with Gasteiger partial charge in [-0.2, -0.15) is 5.26 Å². The first kappa shape index (κ1) is 15.2. The third kappa shape index (κ3) is 4.39. The standard InChI is InChI=1S/C15H15N3O2S/c16-9-12-3-1-4-13(7-12)10-18-11-14-5-2-6-15(8-14)21(17,19)20/h1-8,18H,10-11H2,(H2,17,19,20). The molecule has 5 nitrogen and oxygen atoms in total. The van der Waals surface area contributed by atoms with Crippen molar-refractivity contribution < 1.29 is 8.42 Å². The maximum absolute atomic E-state index is 11.3. The second-order valence-electron chi connectivity index (χ2n) is 4.61. The lowest BCUT2D eigenvalue weighted by molar-refractivity contribution is 0.597. The summed E-state index contributed by atoms with van der Waals surface area (Å²) in [5.74, 6) is 0. The molecule has 3 N–H and O–H groups in total. The van der Waals surface area contributed by atoms with E-state index in [0.717, 1.165) is 11.1 Å². The van der Waals surface area contributed by atoms with Crippen molar-refractivity contribution in [2.24, 2.45) is 5.14 Å². The SMILES string of the molecule is N#Cc1cccc(CNCc2cccc(S(N)(=O)=O)c2)c1. The Bertz CT molecular complexity index is 780. The molecule has 0 bridgehead atoms. The number of hydrogen-bond acceptors (Lipinski definition) is 4. The zero-order valence-corrected chi connectivity index (χ0v) is 12.1. The predicted octanol–water partition coefficient (Wildman–Crippen LogP) is 1.50. The van der Waals surface area contributed by atoms with Crippen LogP contribution >= 0.6 is 0 Å². The fraction of sp³-hybridized carbons (Fsp3) is 0.133. The Labute approximate surface area is 124 Å². The van der Waals surface area contributed by atoms with E-state index in [1.54, 1.807) is 18.2 Å². The topological polar surface area (TPSA) is 96.0 Å². The van der Waals surface area contributed by atoms with Gasteiger partial charge in [0, 0.05) is 13.1 Å². The molecular weight excluding hydrogens is 286 g/mol. The highest BCUT2D eigenvalue weighted by molar-refractivity contribution is 7.89. The van der Waals surface area contributed by atoms with E-state index in [0.29, 0.717) is 18.7 Å². The van der Waals surface area contributed by atoms with Crippen LogP contribution in [0.3, 0.4) is 0 Å². The summed E-state index contributed by atoms with van der Waals surface area (Å²) in [6.45, 7) is 1.11. The molecule has 0 saturated carbocycles. The molecule has 2 aromatic carbocycles. The minimum absolute atomic E-state index is 0.105. The number of sulfonamides is 1. The van der Waals surface area contributed by atoms with E-state index in [1.165, 1.54) is 6.07 Å². The molecule has 108 valence electrons. The van der Waals surface area contributed by atoms with Crippen LogP contribution in [0.2, 0.25) is 0 Å². The first-order chi connectivity index (χ1) is 9.99. The van der Waals surface area contributed by atoms with Crippen molar-refractivity contribution in [1.29, 1.82) is 5.26 Å². The van der Waals surface area contributed by atoms with Crippen LogP contribution in [0.25, 0.3) is 0 Å². The van der Waals surface area contributed by atoms with E-state index >= 15 is 0 Å². The van der Waals surface area contributed by atoms with E-state index < -0.39 is 10.0 Å². The number of nitriles is 1. The van der Waals surface area contributed by atoms with Crippen molar-refractivity contribution in [3.63, 3.8) is 0 Å². The van der Waals surface area contributed by atoms with Crippen LogP contribution in [-0.4, -0.2) is 8.42 Å². The van der Waals surface area contributed by atoms with E-state index in [4.69, 9.17) is 10.4 Å². The quantitative estimate of drug-likeness (QED) is 0.874. The third-order valence-corrected chi connectivity index (χ3v) is 3.85. The highest BCUT2D eigenvalue weighted by atomic mass is 32.2. The molecule has 0 spiro atoms. The molecule has 0 saturated heterocycles. The second-order valence-corrected chi connectivity index (χ2v) is 6.17. The Morgan fingerprint density at radius 1 is 1.05 bits per heavy atom. The summed E-state index contributed by atoms with van der Waals surface area (Å²) in [6.07, 6.45) is 0. The van der Waals surface area contributed by atoms with Gasteiger partial charge >= 0.3 is 0 Å². The molecule has 2 aromatic rings. The number of nitrogens with one attached hydrogen (secondary N) is 1. The first-order valence-corrected chi connectivity index (χ1v) is 7.85. The maximum atomic E-state index is 11.3. The van der Waals surface area contributed by atoms with Crippen molar-refractivity contribution in [3.8, 4) is 6.07 Å². The smallest absolute Gasteiger partial charge is 0.238 e. The first-order valence-electron chi connectivity index (χ1n) is 6.30. The highest BCUT2D eigenvalue weighted by Gasteiger charge is 2.07. The Kier molecular flexibility index (Phi) is 4.70. The van der Waals surface area contributed by atoms with Crippen LogP contribution in [0.4, 0.5) is 0 Å². The van der Waals surface area contributed by atoms with E-state index in [2.05, 4.69) is 11.4 Å². The molecule has 0 aliphatic rings. The normalized spacial score (nSPS) is 11.0. The van der Waals surface area contributed by atoms with Crippen LogP contribution in [0.15, 0.2) is 53.4 Å². The van der Waals surface area contributed by atoms with Gasteiger partial charge in [-0.15, -0.1) is 0 Å². The highest BCUT2D eigenvalue weighted by Crippen LogP contribution is 2.10.